The van der Waals surface area contributed by atoms with Crippen LogP contribution in [-0.2, 0) is 4.79 Å². The van der Waals surface area contributed by atoms with E-state index in [0.29, 0.717) is 18.0 Å². The zero-order chi connectivity index (χ0) is 17.8. The average molecular weight is 357 g/mol. The lowest BCUT2D eigenvalue weighted by Crippen LogP contribution is -2.51. The molecule has 3 heterocycles. The summed E-state index contributed by atoms with van der Waals surface area (Å²) in [4.78, 5) is 17.5. The molecule has 4 rings (SSSR count). The first-order chi connectivity index (χ1) is 12.8. The van der Waals surface area contributed by atoms with Crippen molar-refractivity contribution in [2.75, 3.05) is 32.7 Å². The number of furan rings is 1. The van der Waals surface area contributed by atoms with E-state index in [1.165, 1.54) is 25.7 Å². The molecule has 3 aliphatic rings. The van der Waals surface area contributed by atoms with Gasteiger partial charge in [-0.2, -0.15) is 0 Å². The Hall–Kier alpha value is -1.59. The molecule has 0 bridgehead atoms. The number of carbonyl (C=O) groups is 1. The van der Waals surface area contributed by atoms with Gasteiger partial charge in [0.25, 0.3) is 0 Å². The van der Waals surface area contributed by atoms with Crippen molar-refractivity contribution in [1.29, 1.82) is 0 Å². The highest BCUT2D eigenvalue weighted by atomic mass is 16.3. The van der Waals surface area contributed by atoms with Crippen molar-refractivity contribution in [3.63, 3.8) is 0 Å². The summed E-state index contributed by atoms with van der Waals surface area (Å²) < 4.78 is 5.33. The molecule has 2 saturated heterocycles. The van der Waals surface area contributed by atoms with E-state index in [4.69, 9.17) is 4.42 Å². The molecule has 1 amide bonds. The number of rotatable bonds is 6. The number of amides is 1. The number of nitrogens with one attached hydrogen (secondary N) is 1. The van der Waals surface area contributed by atoms with E-state index < -0.39 is 0 Å². The summed E-state index contributed by atoms with van der Waals surface area (Å²) in [5.74, 6) is 1.43. The first-order valence-corrected chi connectivity index (χ1v) is 10.2. The van der Waals surface area contributed by atoms with Crippen LogP contribution in [0.3, 0.4) is 0 Å². The molecule has 1 aliphatic carbocycles. The summed E-state index contributed by atoms with van der Waals surface area (Å²) in [5.41, 5.74) is 0. The van der Waals surface area contributed by atoms with Gasteiger partial charge in [0.2, 0.25) is 5.91 Å². The maximum Gasteiger partial charge on any atom is 0.224 e. The maximum atomic E-state index is 12.4. The molecule has 1 N–H and O–H groups in total. The van der Waals surface area contributed by atoms with Crippen LogP contribution in [0.15, 0.2) is 28.9 Å². The van der Waals surface area contributed by atoms with E-state index in [0.717, 1.165) is 51.3 Å². The van der Waals surface area contributed by atoms with Gasteiger partial charge in [-0.15, -0.1) is 0 Å². The van der Waals surface area contributed by atoms with Crippen molar-refractivity contribution in [1.82, 2.24) is 15.1 Å². The highest BCUT2D eigenvalue weighted by Crippen LogP contribution is 2.25. The minimum absolute atomic E-state index is 0.207. The minimum atomic E-state index is 0.207. The van der Waals surface area contributed by atoms with E-state index >= 15 is 0 Å². The maximum absolute atomic E-state index is 12.4. The molecule has 3 fully saturated rings. The summed E-state index contributed by atoms with van der Waals surface area (Å²) in [6, 6.07) is 5.03. The van der Waals surface area contributed by atoms with Gasteiger partial charge < -0.3 is 9.73 Å². The molecule has 1 aromatic heterocycles. The van der Waals surface area contributed by atoms with E-state index in [-0.39, 0.29) is 5.92 Å². The van der Waals surface area contributed by atoms with Gasteiger partial charge in [0, 0.05) is 25.2 Å². The number of piperidine rings is 2. The number of nitrogens with zero attached hydrogens (tertiary/aromatic N) is 2. The average Bonchev–Trinajstić information content (AvgIpc) is 3.34. The Bertz CT molecular complexity index is 601. The summed E-state index contributed by atoms with van der Waals surface area (Å²) in [5, 5.41) is 3.20. The fraction of sp³-hybridized carbons (Fsp3) is 0.667. The van der Waals surface area contributed by atoms with Crippen LogP contribution >= 0.6 is 0 Å². The van der Waals surface area contributed by atoms with Gasteiger partial charge in [-0.1, -0.05) is 6.08 Å². The third-order valence-corrected chi connectivity index (χ3v) is 6.01. The Morgan fingerprint density at radius 3 is 2.77 bits per heavy atom. The van der Waals surface area contributed by atoms with Crippen molar-refractivity contribution in [3.05, 3.63) is 30.2 Å². The topological polar surface area (TPSA) is 48.7 Å². The number of hydrogen-bond donors (Lipinski definition) is 1. The molecular formula is C21H31N3O2. The predicted molar refractivity (Wildman–Crippen MR) is 103 cm³/mol. The molecule has 1 aromatic rings. The predicted octanol–water partition coefficient (Wildman–Crippen LogP) is 2.75. The lowest BCUT2D eigenvalue weighted by atomic mass is 9.93. The van der Waals surface area contributed by atoms with E-state index in [9.17, 15) is 4.79 Å². The van der Waals surface area contributed by atoms with Crippen molar-refractivity contribution in [2.24, 2.45) is 5.92 Å². The first-order valence-electron chi connectivity index (χ1n) is 10.2. The smallest absolute Gasteiger partial charge is 0.224 e. The van der Waals surface area contributed by atoms with Crippen molar-refractivity contribution in [3.8, 4) is 0 Å². The van der Waals surface area contributed by atoms with Crippen LogP contribution in [0.5, 0.6) is 0 Å². The van der Waals surface area contributed by atoms with Crippen LogP contribution in [0.4, 0.5) is 0 Å². The van der Waals surface area contributed by atoms with Crippen LogP contribution in [-0.4, -0.2) is 60.5 Å². The number of likely N-dealkylation sites (tertiary alicyclic amines) is 2. The van der Waals surface area contributed by atoms with Gasteiger partial charge in [-0.25, -0.2) is 0 Å². The van der Waals surface area contributed by atoms with E-state index in [2.05, 4.69) is 27.3 Å². The number of hydrogen-bond acceptors (Lipinski definition) is 4. The second-order valence-electron chi connectivity index (χ2n) is 8.07. The van der Waals surface area contributed by atoms with Crippen LogP contribution in [0, 0.1) is 5.92 Å². The molecular weight excluding hydrogens is 326 g/mol. The molecule has 0 aromatic carbocycles. The summed E-state index contributed by atoms with van der Waals surface area (Å²) in [6.45, 7) is 5.39. The Morgan fingerprint density at radius 1 is 1.19 bits per heavy atom. The van der Waals surface area contributed by atoms with Crippen molar-refractivity contribution < 1.29 is 9.21 Å². The normalized spacial score (nSPS) is 26.4. The van der Waals surface area contributed by atoms with Crippen molar-refractivity contribution in [2.45, 2.75) is 50.6 Å². The SMILES string of the molecule is O=C(NC1CC1)C1CCCN(C2CCN(CC=Cc3ccco3)CC2)C1. The quantitative estimate of drug-likeness (QED) is 0.850. The fourth-order valence-electron chi connectivity index (χ4n) is 4.27. The molecule has 26 heavy (non-hydrogen) atoms. The molecule has 1 atom stereocenters. The molecule has 0 radical (unpaired) electrons. The van der Waals surface area contributed by atoms with Gasteiger partial charge in [0.15, 0.2) is 0 Å². The lowest BCUT2D eigenvalue weighted by Gasteiger charge is -2.41. The summed E-state index contributed by atoms with van der Waals surface area (Å²) in [6.07, 6.45) is 13.0. The van der Waals surface area contributed by atoms with Crippen LogP contribution in [0.25, 0.3) is 6.08 Å². The van der Waals surface area contributed by atoms with E-state index in [1.807, 2.05) is 12.1 Å². The standard InChI is InChI=1S/C21H31N3O2/c25-21(22-18-7-8-18)17-4-1-12-24(16-17)19-9-13-23(14-10-19)11-2-5-20-6-3-15-26-20/h2-3,5-6,15,17-19H,1,4,7-14,16H2,(H,22,25). The Labute approximate surface area is 156 Å². The molecule has 2 aliphatic heterocycles. The van der Waals surface area contributed by atoms with Crippen LogP contribution in [0.2, 0.25) is 0 Å². The molecule has 142 valence electrons. The third kappa shape index (κ3) is 4.77. The van der Waals surface area contributed by atoms with Crippen LogP contribution in [0.1, 0.15) is 44.3 Å². The second-order valence-corrected chi connectivity index (χ2v) is 8.07. The van der Waals surface area contributed by atoms with Crippen molar-refractivity contribution >= 4 is 12.0 Å². The monoisotopic (exact) mass is 357 g/mol. The third-order valence-electron chi connectivity index (χ3n) is 6.01. The Kier molecular flexibility index (Phi) is 5.75. The fourth-order valence-corrected chi connectivity index (χ4v) is 4.27. The highest BCUT2D eigenvalue weighted by Gasteiger charge is 2.33. The molecule has 0 spiro atoms. The Balaban J connectivity index is 1.20. The van der Waals surface area contributed by atoms with E-state index in [1.54, 1.807) is 6.26 Å². The summed E-state index contributed by atoms with van der Waals surface area (Å²) in [7, 11) is 0. The second kappa shape index (κ2) is 8.40. The minimum Gasteiger partial charge on any atom is -0.465 e. The van der Waals surface area contributed by atoms with Crippen LogP contribution < -0.4 is 5.32 Å². The summed E-state index contributed by atoms with van der Waals surface area (Å²) >= 11 is 0. The lowest BCUT2D eigenvalue weighted by molar-refractivity contribution is -0.127. The molecule has 1 unspecified atom stereocenters. The zero-order valence-electron chi connectivity index (χ0n) is 15.6. The highest BCUT2D eigenvalue weighted by molar-refractivity contribution is 5.79. The van der Waals surface area contributed by atoms with Gasteiger partial charge in [-0.05, 0) is 76.4 Å². The molecule has 5 nitrogen and oxygen atoms in total. The largest absolute Gasteiger partial charge is 0.465 e. The molecule has 5 heteroatoms. The number of carbonyl (C=O) groups excluding carboxylic acids is 1. The molecule has 1 saturated carbocycles. The van der Waals surface area contributed by atoms with Gasteiger partial charge >= 0.3 is 0 Å². The van der Waals surface area contributed by atoms with Gasteiger partial charge in [0.05, 0.1) is 12.2 Å². The van der Waals surface area contributed by atoms with Gasteiger partial charge in [0.1, 0.15) is 5.76 Å². The first kappa shape index (κ1) is 17.8. The zero-order valence-corrected chi connectivity index (χ0v) is 15.6. The van der Waals surface area contributed by atoms with Gasteiger partial charge in [-0.3, -0.25) is 14.6 Å². The Morgan fingerprint density at radius 2 is 2.04 bits per heavy atom.